The molecule has 0 saturated carbocycles. The van der Waals surface area contributed by atoms with E-state index in [-0.39, 0.29) is 24.0 Å². The quantitative estimate of drug-likeness (QED) is 0.246. The van der Waals surface area contributed by atoms with E-state index >= 15 is 0 Å². The Kier molecular flexibility index (Phi) is 17.8. The minimum absolute atomic E-state index is 0. The van der Waals surface area contributed by atoms with Crippen molar-refractivity contribution in [1.82, 2.24) is 5.32 Å². The normalized spacial score (nSPS) is 11.5. The molecule has 0 aliphatic heterocycles. The molecule has 0 radical (unpaired) electrons. The number of unbranched alkanes of at least 4 members (excludes halogenated alkanes) is 1. The highest BCUT2D eigenvalue weighted by atomic mass is 127. The second-order valence-corrected chi connectivity index (χ2v) is 4.69. The van der Waals surface area contributed by atoms with E-state index in [2.05, 4.69) is 24.2 Å². The van der Waals surface area contributed by atoms with Crippen molar-refractivity contribution >= 4 is 29.9 Å². The maximum atomic E-state index is 5.73. The van der Waals surface area contributed by atoms with E-state index in [4.69, 9.17) is 15.2 Å². The van der Waals surface area contributed by atoms with Crippen molar-refractivity contribution in [1.29, 1.82) is 0 Å². The molecule has 0 unspecified atom stereocenters. The number of guanidine groups is 1. The summed E-state index contributed by atoms with van der Waals surface area (Å²) in [6.45, 7) is 8.13. The molecule has 0 aliphatic rings. The topological polar surface area (TPSA) is 68.9 Å². The molecule has 0 aromatic rings. The smallest absolute Gasteiger partial charge is 0.188 e. The zero-order chi connectivity index (χ0) is 13.6. The monoisotopic (exact) mass is 387 g/mol. The molecule has 0 amide bonds. The predicted molar refractivity (Wildman–Crippen MR) is 91.3 cm³/mol. The molecule has 0 aromatic heterocycles. The number of nitrogens with two attached hydrogens (primary N) is 1. The molecule has 0 aromatic carbocycles. The zero-order valence-electron chi connectivity index (χ0n) is 12.5. The molecule has 6 heteroatoms. The summed E-state index contributed by atoms with van der Waals surface area (Å²) in [5.74, 6) is 1.24. The first-order valence-electron chi connectivity index (χ1n) is 6.77. The lowest BCUT2D eigenvalue weighted by molar-refractivity contribution is 0.0690. The molecule has 0 aliphatic carbocycles. The number of halogens is 1. The van der Waals surface area contributed by atoms with Gasteiger partial charge >= 0.3 is 0 Å². The van der Waals surface area contributed by atoms with Crippen molar-refractivity contribution in [3.63, 3.8) is 0 Å². The van der Waals surface area contributed by atoms with Gasteiger partial charge in [-0.05, 0) is 25.2 Å². The van der Waals surface area contributed by atoms with Crippen LogP contribution < -0.4 is 11.1 Å². The van der Waals surface area contributed by atoms with Crippen LogP contribution >= 0.6 is 24.0 Å². The average molecular weight is 387 g/mol. The summed E-state index contributed by atoms with van der Waals surface area (Å²) in [5, 5.41) is 3.11. The van der Waals surface area contributed by atoms with Crippen LogP contribution in [0.2, 0.25) is 0 Å². The molecule has 19 heavy (non-hydrogen) atoms. The number of hydrogen-bond donors (Lipinski definition) is 2. The maximum absolute atomic E-state index is 5.73. The van der Waals surface area contributed by atoms with Crippen molar-refractivity contribution in [3.8, 4) is 0 Å². The third kappa shape index (κ3) is 17.9. The van der Waals surface area contributed by atoms with Crippen LogP contribution in [0, 0.1) is 5.92 Å². The van der Waals surface area contributed by atoms with Gasteiger partial charge in [-0.1, -0.05) is 13.8 Å². The molecular weight excluding hydrogens is 357 g/mol. The lowest BCUT2D eigenvalue weighted by Gasteiger charge is -2.07. The predicted octanol–water partition coefficient (Wildman–Crippen LogP) is 2.00. The Morgan fingerprint density at radius 3 is 2.58 bits per heavy atom. The van der Waals surface area contributed by atoms with Crippen molar-refractivity contribution < 1.29 is 9.47 Å². The summed E-state index contributed by atoms with van der Waals surface area (Å²) in [7, 11) is 1.67. The Labute approximate surface area is 134 Å². The van der Waals surface area contributed by atoms with Gasteiger partial charge in [-0.25, -0.2) is 0 Å². The number of methoxy groups -OCH3 is 1. The first kappa shape index (κ1) is 21.2. The summed E-state index contributed by atoms with van der Waals surface area (Å²) in [6.07, 6.45) is 3.12. The molecule has 5 nitrogen and oxygen atoms in total. The Hall–Kier alpha value is -0.0800. The van der Waals surface area contributed by atoms with Gasteiger partial charge in [0.15, 0.2) is 5.96 Å². The molecule has 0 rings (SSSR count). The fraction of sp³-hybridized carbons (Fsp3) is 0.923. The van der Waals surface area contributed by atoms with Crippen LogP contribution in [0.5, 0.6) is 0 Å². The molecule has 0 fully saturated rings. The molecule has 0 heterocycles. The molecule has 3 N–H and O–H groups in total. The van der Waals surface area contributed by atoms with Gasteiger partial charge in [0.1, 0.15) is 0 Å². The molecule has 0 spiro atoms. The largest absolute Gasteiger partial charge is 0.382 e. The van der Waals surface area contributed by atoms with Crippen LogP contribution in [0.1, 0.15) is 33.1 Å². The van der Waals surface area contributed by atoms with Crippen LogP contribution in [0.15, 0.2) is 4.99 Å². The van der Waals surface area contributed by atoms with E-state index in [0.717, 1.165) is 39.0 Å². The highest BCUT2D eigenvalue weighted by Crippen LogP contribution is 1.96. The van der Waals surface area contributed by atoms with Crippen LogP contribution in [0.4, 0.5) is 0 Å². The Morgan fingerprint density at radius 2 is 1.95 bits per heavy atom. The Bertz CT molecular complexity index is 214. The van der Waals surface area contributed by atoms with Gasteiger partial charge < -0.3 is 20.5 Å². The molecule has 0 saturated heterocycles. The van der Waals surface area contributed by atoms with E-state index < -0.39 is 0 Å². The molecule has 0 atom stereocenters. The number of aliphatic imine (C=N–C) groups is 1. The van der Waals surface area contributed by atoms with Gasteiger partial charge in [0.2, 0.25) is 0 Å². The van der Waals surface area contributed by atoms with Crippen molar-refractivity contribution in [3.05, 3.63) is 0 Å². The third-order valence-corrected chi connectivity index (χ3v) is 2.44. The zero-order valence-corrected chi connectivity index (χ0v) is 14.8. The first-order valence-corrected chi connectivity index (χ1v) is 6.77. The number of nitrogens with zero attached hydrogens (tertiary/aromatic N) is 1. The Morgan fingerprint density at radius 1 is 1.21 bits per heavy atom. The van der Waals surface area contributed by atoms with E-state index in [9.17, 15) is 0 Å². The van der Waals surface area contributed by atoms with Crippen molar-refractivity contribution in [2.75, 3.05) is 40.0 Å². The SMILES string of the molecule is COCCOCCCCN=C(N)NCCC(C)C.I. The van der Waals surface area contributed by atoms with Crippen LogP contribution in [-0.4, -0.2) is 46.0 Å². The number of ether oxygens (including phenoxy) is 2. The van der Waals surface area contributed by atoms with Gasteiger partial charge in [-0.15, -0.1) is 24.0 Å². The second kappa shape index (κ2) is 16.0. The van der Waals surface area contributed by atoms with E-state index in [1.54, 1.807) is 7.11 Å². The van der Waals surface area contributed by atoms with Gasteiger partial charge in [-0.3, -0.25) is 4.99 Å². The van der Waals surface area contributed by atoms with Crippen molar-refractivity contribution in [2.45, 2.75) is 33.1 Å². The molecular formula is C13H30IN3O2. The van der Waals surface area contributed by atoms with Gasteiger partial charge in [0.25, 0.3) is 0 Å². The van der Waals surface area contributed by atoms with Gasteiger partial charge in [0, 0.05) is 26.8 Å². The summed E-state index contributed by atoms with van der Waals surface area (Å²) in [6, 6.07) is 0. The number of rotatable bonds is 11. The van der Waals surface area contributed by atoms with Crippen LogP contribution in [0.25, 0.3) is 0 Å². The minimum atomic E-state index is 0. The third-order valence-electron chi connectivity index (χ3n) is 2.44. The fourth-order valence-corrected chi connectivity index (χ4v) is 1.30. The summed E-state index contributed by atoms with van der Waals surface area (Å²) >= 11 is 0. The molecule has 0 bridgehead atoms. The lowest BCUT2D eigenvalue weighted by Crippen LogP contribution is -2.33. The fourth-order valence-electron chi connectivity index (χ4n) is 1.30. The number of hydrogen-bond acceptors (Lipinski definition) is 3. The van der Waals surface area contributed by atoms with Gasteiger partial charge in [-0.2, -0.15) is 0 Å². The van der Waals surface area contributed by atoms with E-state index in [1.807, 2.05) is 0 Å². The van der Waals surface area contributed by atoms with Crippen LogP contribution in [-0.2, 0) is 9.47 Å². The second-order valence-electron chi connectivity index (χ2n) is 4.69. The Balaban J connectivity index is 0. The minimum Gasteiger partial charge on any atom is -0.382 e. The van der Waals surface area contributed by atoms with Gasteiger partial charge in [0.05, 0.1) is 13.2 Å². The molecule has 116 valence electrons. The highest BCUT2D eigenvalue weighted by molar-refractivity contribution is 14.0. The first-order chi connectivity index (χ1) is 8.66. The summed E-state index contributed by atoms with van der Waals surface area (Å²) in [4.78, 5) is 4.26. The standard InChI is InChI=1S/C13H29N3O2.HI/c1-12(2)6-8-16-13(14)15-7-4-5-9-18-11-10-17-3;/h12H,4-11H2,1-3H3,(H3,14,15,16);1H. The summed E-state index contributed by atoms with van der Waals surface area (Å²) in [5.41, 5.74) is 5.73. The van der Waals surface area contributed by atoms with Crippen LogP contribution in [0.3, 0.4) is 0 Å². The van der Waals surface area contributed by atoms with E-state index in [1.165, 1.54) is 0 Å². The summed E-state index contributed by atoms with van der Waals surface area (Å²) < 4.78 is 10.2. The highest BCUT2D eigenvalue weighted by Gasteiger charge is 1.95. The average Bonchev–Trinajstić information content (AvgIpc) is 2.32. The number of nitrogens with one attached hydrogen (secondary N) is 1. The van der Waals surface area contributed by atoms with Crippen molar-refractivity contribution in [2.24, 2.45) is 16.6 Å². The lowest BCUT2D eigenvalue weighted by atomic mass is 10.1. The maximum Gasteiger partial charge on any atom is 0.188 e. The van der Waals surface area contributed by atoms with E-state index in [0.29, 0.717) is 25.1 Å².